The van der Waals surface area contributed by atoms with Crippen molar-refractivity contribution in [3.05, 3.63) is 95.1 Å². The van der Waals surface area contributed by atoms with Crippen molar-refractivity contribution >= 4 is 11.6 Å². The maximum absolute atomic E-state index is 2.33. The van der Waals surface area contributed by atoms with E-state index in [0.29, 0.717) is 0 Å². The molecule has 0 radical (unpaired) electrons. The summed E-state index contributed by atoms with van der Waals surface area (Å²) < 4.78 is 0. The van der Waals surface area contributed by atoms with Crippen molar-refractivity contribution in [2.75, 3.05) is 0 Å². The summed E-state index contributed by atoms with van der Waals surface area (Å²) in [6, 6.07) is 26.1. The average Bonchev–Trinajstić information content (AvgIpc) is 2.89. The van der Waals surface area contributed by atoms with Gasteiger partial charge in [0.2, 0.25) is 0 Å². The molecule has 0 unspecified atom stereocenters. The normalized spacial score (nSPS) is 14.5. The third kappa shape index (κ3) is 2.39. The Kier molecular flexibility index (Phi) is 3.42. The lowest BCUT2D eigenvalue weighted by atomic mass is 9.81. The predicted molar refractivity (Wildman–Crippen MR) is 104 cm³/mol. The fourth-order valence-corrected chi connectivity index (χ4v) is 3.65. The van der Waals surface area contributed by atoms with E-state index in [0.717, 1.165) is 0 Å². The Morgan fingerprint density at radius 1 is 0.625 bits per heavy atom. The summed E-state index contributed by atoms with van der Waals surface area (Å²) in [5.41, 5.74) is 9.57. The molecular weight excluding hydrogens is 288 g/mol. The molecule has 0 fully saturated rings. The van der Waals surface area contributed by atoms with Gasteiger partial charge in [0.05, 0.1) is 0 Å². The summed E-state index contributed by atoms with van der Waals surface area (Å²) in [5, 5.41) is 0. The molecule has 3 aromatic carbocycles. The lowest BCUT2D eigenvalue weighted by Crippen LogP contribution is -2.13. The highest BCUT2D eigenvalue weighted by atomic mass is 14.3. The van der Waals surface area contributed by atoms with Gasteiger partial charge in [-0.25, -0.2) is 0 Å². The molecule has 0 spiro atoms. The molecule has 24 heavy (non-hydrogen) atoms. The quantitative estimate of drug-likeness (QED) is 0.374. The van der Waals surface area contributed by atoms with Crippen LogP contribution in [0.4, 0.5) is 0 Å². The molecule has 0 heterocycles. The lowest BCUT2D eigenvalue weighted by Gasteiger charge is -2.23. The SMILES string of the molecule is CC(C)(C)c1cccc2c1/C(=C/c1ccccc1)c1ccccc1-2. The van der Waals surface area contributed by atoms with E-state index < -0.39 is 0 Å². The molecule has 1 aliphatic carbocycles. The zero-order valence-electron chi connectivity index (χ0n) is 14.5. The van der Waals surface area contributed by atoms with Gasteiger partial charge in [0.15, 0.2) is 0 Å². The molecule has 0 amide bonds. The van der Waals surface area contributed by atoms with E-state index >= 15 is 0 Å². The van der Waals surface area contributed by atoms with Gasteiger partial charge in [0.25, 0.3) is 0 Å². The summed E-state index contributed by atoms with van der Waals surface area (Å²) in [6.45, 7) is 6.89. The van der Waals surface area contributed by atoms with E-state index in [1.54, 1.807) is 0 Å². The first-order chi connectivity index (χ1) is 11.6. The van der Waals surface area contributed by atoms with Crippen LogP contribution in [0.15, 0.2) is 72.8 Å². The summed E-state index contributed by atoms with van der Waals surface area (Å²) in [7, 11) is 0. The highest BCUT2D eigenvalue weighted by Crippen LogP contribution is 2.48. The van der Waals surface area contributed by atoms with Crippen molar-refractivity contribution in [2.24, 2.45) is 0 Å². The predicted octanol–water partition coefficient (Wildman–Crippen LogP) is 6.55. The van der Waals surface area contributed by atoms with E-state index in [1.807, 2.05) is 0 Å². The second-order valence-electron chi connectivity index (χ2n) is 7.49. The first-order valence-corrected chi connectivity index (χ1v) is 8.56. The molecule has 0 bridgehead atoms. The van der Waals surface area contributed by atoms with Crippen molar-refractivity contribution in [1.29, 1.82) is 0 Å². The smallest absolute Gasteiger partial charge is 0.00613 e. The van der Waals surface area contributed by atoms with Crippen LogP contribution in [0.2, 0.25) is 0 Å². The van der Waals surface area contributed by atoms with Gasteiger partial charge >= 0.3 is 0 Å². The van der Waals surface area contributed by atoms with Crippen molar-refractivity contribution in [1.82, 2.24) is 0 Å². The average molecular weight is 310 g/mol. The van der Waals surface area contributed by atoms with Gasteiger partial charge in [0, 0.05) is 0 Å². The van der Waals surface area contributed by atoms with Gasteiger partial charge in [-0.05, 0) is 50.4 Å². The second kappa shape index (κ2) is 5.49. The molecule has 0 aromatic heterocycles. The monoisotopic (exact) mass is 310 g/mol. The molecule has 0 heteroatoms. The Bertz CT molecular complexity index is 922. The lowest BCUT2D eigenvalue weighted by molar-refractivity contribution is 0.589. The maximum Gasteiger partial charge on any atom is -0.00613 e. The van der Waals surface area contributed by atoms with Crippen LogP contribution in [-0.4, -0.2) is 0 Å². The van der Waals surface area contributed by atoms with Crippen LogP contribution < -0.4 is 0 Å². The zero-order valence-corrected chi connectivity index (χ0v) is 14.5. The number of rotatable bonds is 1. The second-order valence-corrected chi connectivity index (χ2v) is 7.49. The van der Waals surface area contributed by atoms with Crippen LogP contribution in [0.1, 0.15) is 43.0 Å². The van der Waals surface area contributed by atoms with Crippen molar-refractivity contribution in [2.45, 2.75) is 26.2 Å². The Labute approximate surface area is 144 Å². The fourth-order valence-electron chi connectivity index (χ4n) is 3.65. The number of benzene rings is 3. The van der Waals surface area contributed by atoms with Gasteiger partial charge in [0.1, 0.15) is 0 Å². The van der Waals surface area contributed by atoms with Crippen LogP contribution >= 0.6 is 0 Å². The summed E-state index contributed by atoms with van der Waals surface area (Å²) in [5.74, 6) is 0. The third-order valence-corrected chi connectivity index (χ3v) is 4.76. The van der Waals surface area contributed by atoms with Crippen LogP contribution in [0, 0.1) is 0 Å². The Balaban J connectivity index is 2.04. The Morgan fingerprint density at radius 3 is 1.96 bits per heavy atom. The van der Waals surface area contributed by atoms with E-state index in [1.165, 1.54) is 39.0 Å². The Morgan fingerprint density at radius 2 is 1.25 bits per heavy atom. The van der Waals surface area contributed by atoms with E-state index in [4.69, 9.17) is 0 Å². The molecule has 0 atom stereocenters. The standard InChI is InChI=1S/C24H22/c1-24(2,3)22-15-9-14-20-18-12-7-8-13-19(18)21(23(20)22)16-17-10-5-4-6-11-17/h4-16H,1-3H3/b21-16+. The molecular formula is C24H22. The first-order valence-electron chi connectivity index (χ1n) is 8.56. The molecule has 1 aliphatic rings. The summed E-state index contributed by atoms with van der Waals surface area (Å²) in [6.07, 6.45) is 2.33. The van der Waals surface area contributed by atoms with E-state index in [9.17, 15) is 0 Å². The molecule has 118 valence electrons. The van der Waals surface area contributed by atoms with Crippen molar-refractivity contribution in [3.63, 3.8) is 0 Å². The third-order valence-electron chi connectivity index (χ3n) is 4.76. The van der Waals surface area contributed by atoms with Crippen molar-refractivity contribution in [3.8, 4) is 11.1 Å². The van der Waals surface area contributed by atoms with E-state index in [-0.39, 0.29) is 5.41 Å². The molecule has 0 N–H and O–H groups in total. The fraction of sp³-hybridized carbons (Fsp3) is 0.167. The van der Waals surface area contributed by atoms with Gasteiger partial charge in [-0.1, -0.05) is 93.6 Å². The summed E-state index contributed by atoms with van der Waals surface area (Å²) in [4.78, 5) is 0. The van der Waals surface area contributed by atoms with Gasteiger partial charge < -0.3 is 0 Å². The van der Waals surface area contributed by atoms with Crippen LogP contribution in [-0.2, 0) is 5.41 Å². The molecule has 0 saturated heterocycles. The topological polar surface area (TPSA) is 0 Å². The molecule has 4 rings (SSSR count). The highest BCUT2D eigenvalue weighted by molar-refractivity contribution is 6.07. The largest absolute Gasteiger partial charge is 0.0622 e. The highest BCUT2D eigenvalue weighted by Gasteiger charge is 2.29. The minimum atomic E-state index is 0.114. The van der Waals surface area contributed by atoms with Gasteiger partial charge in [-0.3, -0.25) is 0 Å². The zero-order chi connectivity index (χ0) is 16.7. The maximum atomic E-state index is 2.33. The molecule has 0 saturated carbocycles. The van der Waals surface area contributed by atoms with Gasteiger partial charge in [-0.2, -0.15) is 0 Å². The first kappa shape index (κ1) is 15.0. The minimum absolute atomic E-state index is 0.114. The molecule has 0 aliphatic heterocycles. The molecule has 3 aromatic rings. The van der Waals surface area contributed by atoms with Crippen LogP contribution in [0.25, 0.3) is 22.8 Å². The number of hydrogen-bond donors (Lipinski definition) is 0. The Hall–Kier alpha value is -2.60. The minimum Gasteiger partial charge on any atom is -0.0622 e. The van der Waals surface area contributed by atoms with Crippen LogP contribution in [0.3, 0.4) is 0 Å². The van der Waals surface area contributed by atoms with Crippen molar-refractivity contribution < 1.29 is 0 Å². The van der Waals surface area contributed by atoms with Crippen LogP contribution in [0.5, 0.6) is 0 Å². The number of fused-ring (bicyclic) bond motifs is 3. The number of hydrogen-bond acceptors (Lipinski definition) is 0. The molecule has 0 nitrogen and oxygen atoms in total. The van der Waals surface area contributed by atoms with Gasteiger partial charge in [-0.15, -0.1) is 0 Å². The summed E-state index contributed by atoms with van der Waals surface area (Å²) >= 11 is 0. The van der Waals surface area contributed by atoms with E-state index in [2.05, 4.69) is 99.6 Å².